The van der Waals surface area contributed by atoms with Gasteiger partial charge in [0.1, 0.15) is 0 Å². The molecule has 1 fully saturated rings. The minimum Gasteiger partial charge on any atom is -0.0654 e. The predicted molar refractivity (Wildman–Crippen MR) is 115 cm³/mol. The first kappa shape index (κ1) is 19.2. The van der Waals surface area contributed by atoms with Gasteiger partial charge in [0.05, 0.1) is 0 Å². The number of benzene rings is 2. The van der Waals surface area contributed by atoms with Crippen molar-refractivity contribution in [1.82, 2.24) is 0 Å². The van der Waals surface area contributed by atoms with E-state index in [0.717, 1.165) is 11.8 Å². The van der Waals surface area contributed by atoms with Crippen molar-refractivity contribution in [1.29, 1.82) is 0 Å². The van der Waals surface area contributed by atoms with E-state index in [1.165, 1.54) is 86.5 Å². The molecule has 2 aromatic rings. The minimum atomic E-state index is 0.967. The summed E-state index contributed by atoms with van der Waals surface area (Å²) in [5.41, 5.74) is 5.64. The van der Waals surface area contributed by atoms with Crippen LogP contribution in [0.25, 0.3) is 11.1 Å². The van der Waals surface area contributed by atoms with Gasteiger partial charge in [-0.3, -0.25) is 0 Å². The maximum Gasteiger partial charge on any atom is -0.0184 e. The fraction of sp³-hybridized carbons (Fsp3) is 0.538. The molecule has 0 bridgehead atoms. The zero-order valence-corrected chi connectivity index (χ0v) is 16.8. The van der Waals surface area contributed by atoms with Gasteiger partial charge in [0.25, 0.3) is 0 Å². The number of rotatable bonds is 8. The highest BCUT2D eigenvalue weighted by Gasteiger charge is 2.20. The van der Waals surface area contributed by atoms with Gasteiger partial charge in [-0.15, -0.1) is 0 Å². The summed E-state index contributed by atoms with van der Waals surface area (Å²) in [6.07, 6.45) is 13.7. The van der Waals surface area contributed by atoms with Crippen LogP contribution < -0.4 is 0 Å². The summed E-state index contributed by atoms with van der Waals surface area (Å²) < 4.78 is 0. The molecule has 0 nitrogen and oxygen atoms in total. The zero-order chi connectivity index (χ0) is 18.2. The topological polar surface area (TPSA) is 0 Å². The third-order valence-electron chi connectivity index (χ3n) is 6.28. The van der Waals surface area contributed by atoms with E-state index >= 15 is 0 Å². The fourth-order valence-corrected chi connectivity index (χ4v) is 4.60. The second kappa shape index (κ2) is 9.95. The van der Waals surface area contributed by atoms with Gasteiger partial charge in [0, 0.05) is 0 Å². The molecule has 2 aromatic carbocycles. The molecule has 0 spiro atoms. The molecule has 0 saturated heterocycles. The summed E-state index contributed by atoms with van der Waals surface area (Å²) in [5, 5.41) is 0. The van der Waals surface area contributed by atoms with Crippen molar-refractivity contribution in [2.24, 2.45) is 11.8 Å². The van der Waals surface area contributed by atoms with Crippen molar-refractivity contribution in [3.05, 3.63) is 59.7 Å². The fourth-order valence-electron chi connectivity index (χ4n) is 4.60. The van der Waals surface area contributed by atoms with E-state index in [1.54, 1.807) is 0 Å². The standard InChI is InChI=1S/C26H36/c1-3-5-21-7-9-23(10-8-21)11-12-24-15-19-26(20-16-24)25-17-13-22(6-4-2)14-18-25/h13-21,23H,3-12H2,1-2H3/t21-,23-. The van der Waals surface area contributed by atoms with Crippen LogP contribution in [0.15, 0.2) is 48.5 Å². The lowest BCUT2D eigenvalue weighted by atomic mass is 9.78. The van der Waals surface area contributed by atoms with Gasteiger partial charge in [-0.1, -0.05) is 107 Å². The van der Waals surface area contributed by atoms with Crippen LogP contribution in [-0.4, -0.2) is 0 Å². The lowest BCUT2D eigenvalue weighted by Crippen LogP contribution is -2.15. The highest BCUT2D eigenvalue weighted by molar-refractivity contribution is 5.63. The Kier molecular flexibility index (Phi) is 7.35. The smallest absolute Gasteiger partial charge is 0.0184 e. The van der Waals surface area contributed by atoms with Gasteiger partial charge in [-0.25, -0.2) is 0 Å². The molecule has 0 heterocycles. The maximum atomic E-state index is 2.35. The van der Waals surface area contributed by atoms with E-state index in [2.05, 4.69) is 62.4 Å². The molecule has 1 saturated carbocycles. The molecule has 0 heteroatoms. The molecule has 0 amide bonds. The molecular weight excluding hydrogens is 312 g/mol. The van der Waals surface area contributed by atoms with Gasteiger partial charge in [-0.2, -0.15) is 0 Å². The lowest BCUT2D eigenvalue weighted by molar-refractivity contribution is 0.252. The Morgan fingerprint density at radius 2 is 1.04 bits per heavy atom. The molecule has 0 N–H and O–H groups in total. The number of hydrogen-bond acceptors (Lipinski definition) is 0. The normalized spacial score (nSPS) is 20.2. The van der Waals surface area contributed by atoms with E-state index in [1.807, 2.05) is 0 Å². The monoisotopic (exact) mass is 348 g/mol. The van der Waals surface area contributed by atoms with Crippen molar-refractivity contribution in [2.75, 3.05) is 0 Å². The lowest BCUT2D eigenvalue weighted by Gasteiger charge is -2.28. The summed E-state index contributed by atoms with van der Waals surface area (Å²) in [6, 6.07) is 18.4. The van der Waals surface area contributed by atoms with Gasteiger partial charge < -0.3 is 0 Å². The van der Waals surface area contributed by atoms with Crippen LogP contribution in [0.4, 0.5) is 0 Å². The Balaban J connectivity index is 1.49. The summed E-state index contributed by atoms with van der Waals surface area (Å²) in [6.45, 7) is 4.57. The van der Waals surface area contributed by atoms with E-state index < -0.39 is 0 Å². The van der Waals surface area contributed by atoms with Crippen molar-refractivity contribution in [3.8, 4) is 11.1 Å². The van der Waals surface area contributed by atoms with Gasteiger partial charge in [0.2, 0.25) is 0 Å². The van der Waals surface area contributed by atoms with Crippen molar-refractivity contribution >= 4 is 0 Å². The summed E-state index contributed by atoms with van der Waals surface area (Å²) in [5.74, 6) is 1.99. The van der Waals surface area contributed by atoms with Crippen LogP contribution in [0, 0.1) is 11.8 Å². The molecule has 3 rings (SSSR count). The van der Waals surface area contributed by atoms with Crippen LogP contribution in [0.2, 0.25) is 0 Å². The molecule has 26 heavy (non-hydrogen) atoms. The summed E-state index contributed by atoms with van der Waals surface area (Å²) in [4.78, 5) is 0. The Morgan fingerprint density at radius 1 is 0.577 bits per heavy atom. The second-order valence-corrected chi connectivity index (χ2v) is 8.36. The molecule has 0 aromatic heterocycles. The molecule has 0 aliphatic heterocycles. The average Bonchev–Trinajstić information content (AvgIpc) is 2.69. The third-order valence-corrected chi connectivity index (χ3v) is 6.28. The third kappa shape index (κ3) is 5.47. The second-order valence-electron chi connectivity index (χ2n) is 8.36. The molecule has 1 aliphatic rings. The van der Waals surface area contributed by atoms with Crippen molar-refractivity contribution in [2.45, 2.75) is 78.1 Å². The first-order valence-corrected chi connectivity index (χ1v) is 11.0. The summed E-state index contributed by atoms with van der Waals surface area (Å²) in [7, 11) is 0. The number of aryl methyl sites for hydroxylation is 2. The Labute approximate surface area is 161 Å². The van der Waals surface area contributed by atoms with E-state index in [9.17, 15) is 0 Å². The average molecular weight is 349 g/mol. The van der Waals surface area contributed by atoms with E-state index in [0.29, 0.717) is 0 Å². The van der Waals surface area contributed by atoms with Crippen LogP contribution in [-0.2, 0) is 12.8 Å². The molecule has 140 valence electrons. The van der Waals surface area contributed by atoms with Crippen LogP contribution in [0.5, 0.6) is 0 Å². The molecule has 0 unspecified atom stereocenters. The number of hydrogen-bond donors (Lipinski definition) is 0. The molecule has 0 atom stereocenters. The Morgan fingerprint density at radius 3 is 1.50 bits per heavy atom. The quantitative estimate of drug-likeness (QED) is 0.455. The maximum absolute atomic E-state index is 2.35. The van der Waals surface area contributed by atoms with E-state index in [-0.39, 0.29) is 0 Å². The minimum absolute atomic E-state index is 0.967. The first-order chi connectivity index (χ1) is 12.8. The van der Waals surface area contributed by atoms with Crippen LogP contribution >= 0.6 is 0 Å². The molecular formula is C26H36. The highest BCUT2D eigenvalue weighted by atomic mass is 14.3. The van der Waals surface area contributed by atoms with Crippen LogP contribution in [0.1, 0.15) is 76.3 Å². The first-order valence-electron chi connectivity index (χ1n) is 11.0. The Hall–Kier alpha value is -1.56. The van der Waals surface area contributed by atoms with Gasteiger partial charge >= 0.3 is 0 Å². The SMILES string of the molecule is CCCc1ccc(-c2ccc(CC[C@H]3CC[C@H](CCC)CC3)cc2)cc1. The highest BCUT2D eigenvalue weighted by Crippen LogP contribution is 2.34. The molecule has 1 aliphatic carbocycles. The summed E-state index contributed by atoms with van der Waals surface area (Å²) >= 11 is 0. The molecule has 0 radical (unpaired) electrons. The largest absolute Gasteiger partial charge is 0.0654 e. The van der Waals surface area contributed by atoms with Crippen molar-refractivity contribution < 1.29 is 0 Å². The van der Waals surface area contributed by atoms with Gasteiger partial charge in [-0.05, 0) is 53.4 Å². The van der Waals surface area contributed by atoms with E-state index in [4.69, 9.17) is 0 Å². The predicted octanol–water partition coefficient (Wildman–Crippen LogP) is 7.85. The van der Waals surface area contributed by atoms with Crippen LogP contribution in [0.3, 0.4) is 0 Å². The zero-order valence-electron chi connectivity index (χ0n) is 16.8. The van der Waals surface area contributed by atoms with Gasteiger partial charge in [0.15, 0.2) is 0 Å². The Bertz CT molecular complexity index is 627. The van der Waals surface area contributed by atoms with Crippen molar-refractivity contribution in [3.63, 3.8) is 0 Å².